The van der Waals surface area contributed by atoms with Crippen LogP contribution in [0.5, 0.6) is 0 Å². The van der Waals surface area contributed by atoms with Gasteiger partial charge in [0.15, 0.2) is 5.82 Å². The van der Waals surface area contributed by atoms with Gasteiger partial charge in [-0.3, -0.25) is 5.10 Å². The molecule has 2 N–H and O–H groups in total. The summed E-state index contributed by atoms with van der Waals surface area (Å²) in [5.41, 5.74) is 2.16. The molecule has 3 aromatic heterocycles. The molecule has 1 aliphatic rings. The maximum absolute atomic E-state index is 5.65. The summed E-state index contributed by atoms with van der Waals surface area (Å²) in [4.78, 5) is 8.97. The van der Waals surface area contributed by atoms with Crippen molar-refractivity contribution in [1.29, 1.82) is 0 Å². The van der Waals surface area contributed by atoms with Crippen molar-refractivity contribution in [3.63, 3.8) is 0 Å². The highest BCUT2D eigenvalue weighted by molar-refractivity contribution is 5.47. The van der Waals surface area contributed by atoms with Crippen molar-refractivity contribution >= 4 is 5.65 Å². The summed E-state index contributed by atoms with van der Waals surface area (Å²) in [6, 6.07) is 4.35. The number of imidazole rings is 1. The van der Waals surface area contributed by atoms with Crippen molar-refractivity contribution in [2.24, 2.45) is 0 Å². The Balaban J connectivity index is 1.48. The van der Waals surface area contributed by atoms with Crippen LogP contribution in [0, 0.1) is 0 Å². The Labute approximate surface area is 134 Å². The van der Waals surface area contributed by atoms with E-state index in [0.717, 1.165) is 30.3 Å². The number of fused-ring (bicyclic) bond motifs is 1. The van der Waals surface area contributed by atoms with E-state index in [1.165, 1.54) is 5.56 Å². The van der Waals surface area contributed by atoms with Crippen molar-refractivity contribution in [2.45, 2.75) is 31.8 Å². The minimum atomic E-state index is 0.186. The molecule has 0 unspecified atom stereocenters. The van der Waals surface area contributed by atoms with Crippen molar-refractivity contribution < 1.29 is 4.74 Å². The summed E-state index contributed by atoms with van der Waals surface area (Å²) in [6.07, 6.45) is 6.65. The molecule has 3 aromatic rings. The number of H-pyrrole nitrogens is 1. The SMILES string of the molecule is CCc1nc([C@@H]2COC[C@@H]2NCc2cccn3ccnc23)n[nH]1. The average Bonchev–Trinajstić information content (AvgIpc) is 3.30. The molecule has 2 atom stereocenters. The fraction of sp³-hybridized carbons (Fsp3) is 0.438. The first-order valence-electron chi connectivity index (χ1n) is 7.98. The Kier molecular flexibility index (Phi) is 3.80. The van der Waals surface area contributed by atoms with Crippen molar-refractivity contribution in [2.75, 3.05) is 13.2 Å². The normalized spacial score (nSPS) is 21.3. The Morgan fingerprint density at radius 2 is 2.35 bits per heavy atom. The molecule has 4 heterocycles. The van der Waals surface area contributed by atoms with Gasteiger partial charge in [-0.2, -0.15) is 5.10 Å². The Hall–Kier alpha value is -2.25. The van der Waals surface area contributed by atoms with Crippen LogP contribution in [0.1, 0.15) is 30.1 Å². The Morgan fingerprint density at radius 3 is 3.22 bits per heavy atom. The second kappa shape index (κ2) is 6.10. The van der Waals surface area contributed by atoms with Gasteiger partial charge in [0.2, 0.25) is 0 Å². The van der Waals surface area contributed by atoms with Crippen LogP contribution in [-0.2, 0) is 17.7 Å². The quantitative estimate of drug-likeness (QED) is 0.742. The zero-order valence-corrected chi connectivity index (χ0v) is 13.1. The number of aromatic amines is 1. The fourth-order valence-corrected chi connectivity index (χ4v) is 3.03. The molecule has 120 valence electrons. The largest absolute Gasteiger partial charge is 0.379 e. The van der Waals surface area contributed by atoms with E-state index in [1.54, 1.807) is 0 Å². The second-order valence-corrected chi connectivity index (χ2v) is 5.82. The van der Waals surface area contributed by atoms with Gasteiger partial charge in [-0.1, -0.05) is 13.0 Å². The van der Waals surface area contributed by atoms with Gasteiger partial charge in [-0.15, -0.1) is 0 Å². The van der Waals surface area contributed by atoms with Gasteiger partial charge in [0, 0.05) is 43.2 Å². The number of rotatable bonds is 5. The summed E-state index contributed by atoms with van der Waals surface area (Å²) in [5, 5.41) is 10.9. The summed E-state index contributed by atoms with van der Waals surface area (Å²) in [5.74, 6) is 1.95. The van der Waals surface area contributed by atoms with Crippen LogP contribution in [0.15, 0.2) is 30.7 Å². The number of aryl methyl sites for hydroxylation is 1. The van der Waals surface area contributed by atoms with E-state index in [1.807, 2.05) is 29.1 Å². The van der Waals surface area contributed by atoms with Crippen LogP contribution < -0.4 is 5.32 Å². The number of ether oxygens (including phenoxy) is 1. The first kappa shape index (κ1) is 14.3. The molecule has 0 aliphatic carbocycles. The van der Waals surface area contributed by atoms with Crippen molar-refractivity contribution in [3.05, 3.63) is 47.9 Å². The predicted octanol–water partition coefficient (Wildman–Crippen LogP) is 1.29. The third-order valence-electron chi connectivity index (χ3n) is 4.35. The van der Waals surface area contributed by atoms with E-state index in [4.69, 9.17) is 4.74 Å². The standard InChI is InChI=1S/C16H20N6O/c1-2-14-19-15(21-20-14)12-9-23-10-13(12)18-8-11-4-3-6-22-7-5-17-16(11)22/h3-7,12-13,18H,2,8-10H2,1H3,(H,19,20,21)/t12-,13+/m1/s1. The summed E-state index contributed by atoms with van der Waals surface area (Å²) >= 11 is 0. The summed E-state index contributed by atoms with van der Waals surface area (Å²) in [6.45, 7) is 4.15. The lowest BCUT2D eigenvalue weighted by molar-refractivity contribution is 0.187. The molecule has 1 saturated heterocycles. The minimum absolute atomic E-state index is 0.186. The topological polar surface area (TPSA) is 80.1 Å². The third-order valence-corrected chi connectivity index (χ3v) is 4.35. The van der Waals surface area contributed by atoms with Crippen molar-refractivity contribution in [1.82, 2.24) is 29.9 Å². The molecule has 23 heavy (non-hydrogen) atoms. The molecular weight excluding hydrogens is 292 g/mol. The van der Waals surface area contributed by atoms with Gasteiger partial charge >= 0.3 is 0 Å². The van der Waals surface area contributed by atoms with Crippen LogP contribution in [0.2, 0.25) is 0 Å². The van der Waals surface area contributed by atoms with Crippen molar-refractivity contribution in [3.8, 4) is 0 Å². The highest BCUT2D eigenvalue weighted by Crippen LogP contribution is 2.23. The van der Waals surface area contributed by atoms with E-state index < -0.39 is 0 Å². The molecule has 7 heteroatoms. The highest BCUT2D eigenvalue weighted by atomic mass is 16.5. The number of hydrogen-bond donors (Lipinski definition) is 2. The second-order valence-electron chi connectivity index (χ2n) is 5.82. The number of pyridine rings is 1. The fourth-order valence-electron chi connectivity index (χ4n) is 3.03. The first-order chi connectivity index (χ1) is 11.3. The monoisotopic (exact) mass is 312 g/mol. The highest BCUT2D eigenvalue weighted by Gasteiger charge is 2.32. The molecule has 1 aliphatic heterocycles. The van der Waals surface area contributed by atoms with E-state index in [-0.39, 0.29) is 12.0 Å². The van der Waals surface area contributed by atoms with Crippen LogP contribution in [0.3, 0.4) is 0 Å². The zero-order valence-electron chi connectivity index (χ0n) is 13.1. The van der Waals surface area contributed by atoms with Gasteiger partial charge < -0.3 is 14.5 Å². The van der Waals surface area contributed by atoms with E-state index in [9.17, 15) is 0 Å². The van der Waals surface area contributed by atoms with Crippen LogP contribution in [0.4, 0.5) is 0 Å². The van der Waals surface area contributed by atoms with Gasteiger partial charge in [0.25, 0.3) is 0 Å². The molecule has 0 aromatic carbocycles. The van der Waals surface area contributed by atoms with Gasteiger partial charge in [-0.25, -0.2) is 9.97 Å². The van der Waals surface area contributed by atoms with Gasteiger partial charge in [0.1, 0.15) is 11.5 Å². The molecule has 1 fully saturated rings. The van der Waals surface area contributed by atoms with Crippen LogP contribution >= 0.6 is 0 Å². The van der Waals surface area contributed by atoms with E-state index in [2.05, 4.69) is 38.5 Å². The maximum Gasteiger partial charge on any atom is 0.157 e. The lowest BCUT2D eigenvalue weighted by atomic mass is 10.0. The number of nitrogens with one attached hydrogen (secondary N) is 2. The Bertz CT molecular complexity index is 795. The summed E-state index contributed by atoms with van der Waals surface area (Å²) < 4.78 is 7.68. The Morgan fingerprint density at radius 1 is 1.39 bits per heavy atom. The lowest BCUT2D eigenvalue weighted by Gasteiger charge is -2.17. The smallest absolute Gasteiger partial charge is 0.157 e. The van der Waals surface area contributed by atoms with Crippen LogP contribution in [-0.4, -0.2) is 43.8 Å². The predicted molar refractivity (Wildman–Crippen MR) is 85.1 cm³/mol. The lowest BCUT2D eigenvalue weighted by Crippen LogP contribution is -2.34. The molecular formula is C16H20N6O. The van der Waals surface area contributed by atoms with Gasteiger partial charge in [0.05, 0.1) is 19.1 Å². The molecule has 7 nitrogen and oxygen atoms in total. The molecule has 0 spiro atoms. The van der Waals surface area contributed by atoms with E-state index >= 15 is 0 Å². The molecule has 0 bridgehead atoms. The average molecular weight is 312 g/mol. The van der Waals surface area contributed by atoms with Gasteiger partial charge in [-0.05, 0) is 6.07 Å². The third kappa shape index (κ3) is 2.73. The minimum Gasteiger partial charge on any atom is -0.379 e. The first-order valence-corrected chi connectivity index (χ1v) is 7.98. The zero-order chi connectivity index (χ0) is 15.6. The van der Waals surface area contributed by atoms with Crippen LogP contribution in [0.25, 0.3) is 5.65 Å². The van der Waals surface area contributed by atoms with E-state index in [0.29, 0.717) is 13.2 Å². The molecule has 4 rings (SSSR count). The maximum atomic E-state index is 5.65. The molecule has 0 radical (unpaired) electrons. The molecule has 0 amide bonds. The number of hydrogen-bond acceptors (Lipinski definition) is 5. The number of aromatic nitrogens is 5. The molecule has 0 saturated carbocycles. The number of nitrogens with zero attached hydrogens (tertiary/aromatic N) is 4. The summed E-state index contributed by atoms with van der Waals surface area (Å²) in [7, 11) is 0.